The minimum atomic E-state index is 0.0893. The lowest BCUT2D eigenvalue weighted by Crippen LogP contribution is -2.43. The average molecular weight is 212 g/mol. The highest BCUT2D eigenvalue weighted by atomic mass is 16.5. The van der Waals surface area contributed by atoms with Crippen LogP contribution in [0.4, 0.5) is 0 Å². The van der Waals surface area contributed by atoms with Gasteiger partial charge in [0.2, 0.25) is 5.91 Å². The van der Waals surface area contributed by atoms with E-state index in [0.29, 0.717) is 6.54 Å². The van der Waals surface area contributed by atoms with Crippen molar-refractivity contribution in [3.8, 4) is 0 Å². The predicted octanol–water partition coefficient (Wildman–Crippen LogP) is 0.376. The molecule has 0 radical (unpaired) electrons. The summed E-state index contributed by atoms with van der Waals surface area (Å²) >= 11 is 0. The molecule has 1 amide bonds. The number of hydrogen-bond acceptors (Lipinski definition) is 3. The Hall–Kier alpha value is -0.610. The number of carbonyl (C=O) groups is 1. The SMILES string of the molecule is CN1CCC[C@H]1C(=O)NCC1CCCO1. The summed E-state index contributed by atoms with van der Waals surface area (Å²) in [6.07, 6.45) is 4.59. The lowest BCUT2D eigenvalue weighted by atomic mass is 10.2. The average Bonchev–Trinajstić information content (AvgIpc) is 2.84. The smallest absolute Gasteiger partial charge is 0.237 e. The van der Waals surface area contributed by atoms with Crippen LogP contribution in [0.5, 0.6) is 0 Å². The van der Waals surface area contributed by atoms with Crippen molar-refractivity contribution in [3.05, 3.63) is 0 Å². The van der Waals surface area contributed by atoms with E-state index in [4.69, 9.17) is 4.74 Å². The lowest BCUT2D eigenvalue weighted by molar-refractivity contribution is -0.125. The van der Waals surface area contributed by atoms with Crippen molar-refractivity contribution in [1.82, 2.24) is 10.2 Å². The zero-order valence-electron chi connectivity index (χ0n) is 9.37. The summed E-state index contributed by atoms with van der Waals surface area (Å²) in [5.74, 6) is 0.172. The second-order valence-electron chi connectivity index (χ2n) is 4.52. The van der Waals surface area contributed by atoms with E-state index in [1.54, 1.807) is 0 Å². The van der Waals surface area contributed by atoms with Crippen molar-refractivity contribution in [1.29, 1.82) is 0 Å². The molecule has 2 aliphatic heterocycles. The third-order valence-electron chi connectivity index (χ3n) is 3.35. The van der Waals surface area contributed by atoms with Crippen molar-refractivity contribution in [2.24, 2.45) is 0 Å². The van der Waals surface area contributed by atoms with Gasteiger partial charge in [0.05, 0.1) is 12.1 Å². The summed E-state index contributed by atoms with van der Waals surface area (Å²) in [6, 6.07) is 0.0893. The first-order valence-electron chi connectivity index (χ1n) is 5.87. The standard InChI is InChI=1S/C11H20N2O2/c1-13-6-2-5-10(13)11(14)12-8-9-4-3-7-15-9/h9-10H,2-8H2,1H3,(H,12,14)/t9?,10-/m0/s1. The molecule has 0 saturated carbocycles. The Morgan fingerprint density at radius 3 is 2.93 bits per heavy atom. The van der Waals surface area contributed by atoms with Crippen LogP contribution in [0.2, 0.25) is 0 Å². The van der Waals surface area contributed by atoms with Crippen molar-refractivity contribution in [2.75, 3.05) is 26.7 Å². The summed E-state index contributed by atoms with van der Waals surface area (Å²) in [5.41, 5.74) is 0. The Balaban J connectivity index is 1.71. The van der Waals surface area contributed by atoms with Crippen molar-refractivity contribution in [2.45, 2.75) is 37.8 Å². The first kappa shape index (κ1) is 10.9. The molecular weight excluding hydrogens is 192 g/mol. The molecule has 2 fully saturated rings. The van der Waals surface area contributed by atoms with E-state index in [9.17, 15) is 4.79 Å². The molecule has 86 valence electrons. The maximum absolute atomic E-state index is 11.8. The minimum Gasteiger partial charge on any atom is -0.376 e. The summed E-state index contributed by atoms with van der Waals surface area (Å²) in [4.78, 5) is 13.9. The van der Waals surface area contributed by atoms with Crippen LogP contribution < -0.4 is 5.32 Å². The molecule has 2 heterocycles. The van der Waals surface area contributed by atoms with Gasteiger partial charge in [-0.15, -0.1) is 0 Å². The number of hydrogen-bond donors (Lipinski definition) is 1. The Bertz CT molecular complexity index is 227. The number of amides is 1. The molecule has 4 heteroatoms. The Morgan fingerprint density at radius 2 is 2.33 bits per heavy atom. The fourth-order valence-electron chi connectivity index (χ4n) is 2.38. The van der Waals surface area contributed by atoms with Crippen LogP contribution in [0.1, 0.15) is 25.7 Å². The number of likely N-dealkylation sites (N-methyl/N-ethyl adjacent to an activating group) is 1. The minimum absolute atomic E-state index is 0.0893. The van der Waals surface area contributed by atoms with Gasteiger partial charge >= 0.3 is 0 Å². The molecule has 15 heavy (non-hydrogen) atoms. The highest BCUT2D eigenvalue weighted by Gasteiger charge is 2.28. The van der Waals surface area contributed by atoms with Gasteiger partial charge in [-0.3, -0.25) is 9.69 Å². The van der Waals surface area contributed by atoms with Gasteiger partial charge in [0.25, 0.3) is 0 Å². The number of rotatable bonds is 3. The number of nitrogens with one attached hydrogen (secondary N) is 1. The molecule has 0 bridgehead atoms. The normalized spacial score (nSPS) is 32.1. The highest BCUT2D eigenvalue weighted by molar-refractivity contribution is 5.82. The van der Waals surface area contributed by atoms with Crippen LogP contribution in [-0.2, 0) is 9.53 Å². The van der Waals surface area contributed by atoms with Crippen LogP contribution in [0.25, 0.3) is 0 Å². The fourth-order valence-corrected chi connectivity index (χ4v) is 2.38. The van der Waals surface area contributed by atoms with E-state index in [1.807, 2.05) is 7.05 Å². The molecule has 0 aromatic carbocycles. The van der Waals surface area contributed by atoms with Gasteiger partial charge in [-0.25, -0.2) is 0 Å². The van der Waals surface area contributed by atoms with E-state index in [-0.39, 0.29) is 18.1 Å². The van der Waals surface area contributed by atoms with Gasteiger partial charge in [0, 0.05) is 13.2 Å². The van der Waals surface area contributed by atoms with E-state index in [1.165, 1.54) is 0 Å². The summed E-state index contributed by atoms with van der Waals surface area (Å²) in [5, 5.41) is 2.99. The topological polar surface area (TPSA) is 41.6 Å². The van der Waals surface area contributed by atoms with Crippen LogP contribution in [0.15, 0.2) is 0 Å². The van der Waals surface area contributed by atoms with Gasteiger partial charge in [0.15, 0.2) is 0 Å². The molecule has 0 aromatic heterocycles. The van der Waals surface area contributed by atoms with Crippen LogP contribution in [-0.4, -0.2) is 49.7 Å². The maximum atomic E-state index is 11.8. The van der Waals surface area contributed by atoms with Gasteiger partial charge in [-0.05, 0) is 39.3 Å². The van der Waals surface area contributed by atoms with E-state index < -0.39 is 0 Å². The number of carbonyl (C=O) groups excluding carboxylic acids is 1. The predicted molar refractivity (Wildman–Crippen MR) is 57.6 cm³/mol. The van der Waals surface area contributed by atoms with Gasteiger partial charge in [0.1, 0.15) is 0 Å². The third kappa shape index (κ3) is 2.69. The zero-order chi connectivity index (χ0) is 10.7. The molecule has 1 unspecified atom stereocenters. The largest absolute Gasteiger partial charge is 0.376 e. The van der Waals surface area contributed by atoms with Gasteiger partial charge in [-0.1, -0.05) is 0 Å². The summed E-state index contributed by atoms with van der Waals surface area (Å²) < 4.78 is 5.46. The van der Waals surface area contributed by atoms with Gasteiger partial charge in [-0.2, -0.15) is 0 Å². The quantitative estimate of drug-likeness (QED) is 0.735. The number of likely N-dealkylation sites (tertiary alicyclic amines) is 1. The Kier molecular flexibility index (Phi) is 3.59. The first-order valence-corrected chi connectivity index (χ1v) is 5.87. The van der Waals surface area contributed by atoms with E-state index >= 15 is 0 Å². The lowest BCUT2D eigenvalue weighted by Gasteiger charge is -2.19. The molecule has 0 spiro atoms. The first-order chi connectivity index (χ1) is 7.27. The molecular formula is C11H20N2O2. The molecule has 1 N–H and O–H groups in total. The van der Waals surface area contributed by atoms with Crippen LogP contribution in [0.3, 0.4) is 0 Å². The van der Waals surface area contributed by atoms with Crippen molar-refractivity contribution < 1.29 is 9.53 Å². The molecule has 2 saturated heterocycles. The van der Waals surface area contributed by atoms with Crippen molar-refractivity contribution in [3.63, 3.8) is 0 Å². The molecule has 0 aliphatic carbocycles. The molecule has 0 aromatic rings. The molecule has 4 nitrogen and oxygen atoms in total. The maximum Gasteiger partial charge on any atom is 0.237 e. The second-order valence-corrected chi connectivity index (χ2v) is 4.52. The Labute approximate surface area is 91.0 Å². The zero-order valence-corrected chi connectivity index (χ0v) is 9.37. The number of nitrogens with zero attached hydrogens (tertiary/aromatic N) is 1. The fraction of sp³-hybridized carbons (Fsp3) is 0.909. The van der Waals surface area contributed by atoms with Gasteiger partial charge < -0.3 is 10.1 Å². The molecule has 2 aliphatic rings. The third-order valence-corrected chi connectivity index (χ3v) is 3.35. The van der Waals surface area contributed by atoms with Crippen LogP contribution in [0, 0.1) is 0 Å². The molecule has 2 atom stereocenters. The Morgan fingerprint density at radius 1 is 1.47 bits per heavy atom. The number of ether oxygens (including phenoxy) is 1. The second kappa shape index (κ2) is 4.94. The molecule has 2 rings (SSSR count). The van der Waals surface area contributed by atoms with E-state index in [2.05, 4.69) is 10.2 Å². The van der Waals surface area contributed by atoms with E-state index in [0.717, 1.165) is 38.8 Å². The summed E-state index contributed by atoms with van der Waals surface area (Å²) in [6.45, 7) is 2.57. The monoisotopic (exact) mass is 212 g/mol. The van der Waals surface area contributed by atoms with Crippen molar-refractivity contribution >= 4 is 5.91 Å². The summed E-state index contributed by atoms with van der Waals surface area (Å²) in [7, 11) is 2.02. The van der Waals surface area contributed by atoms with Crippen LogP contribution >= 0.6 is 0 Å². The highest BCUT2D eigenvalue weighted by Crippen LogP contribution is 2.15.